The predicted molar refractivity (Wildman–Crippen MR) is 61.9 cm³/mol. The van der Waals surface area contributed by atoms with E-state index < -0.39 is 24.0 Å². The Labute approximate surface area is 105 Å². The lowest BCUT2D eigenvalue weighted by Crippen LogP contribution is -2.61. The van der Waals surface area contributed by atoms with Gasteiger partial charge >= 0.3 is 12.1 Å². The van der Waals surface area contributed by atoms with E-state index in [1.165, 1.54) is 0 Å². The van der Waals surface area contributed by atoms with Crippen LogP contribution in [0, 0.1) is 5.92 Å². The maximum Gasteiger partial charge on any atom is 0.407 e. The molecule has 1 heterocycles. The third kappa shape index (κ3) is 3.90. The first-order chi connectivity index (χ1) is 8.56. The summed E-state index contributed by atoms with van der Waals surface area (Å²) in [6.07, 6.45) is 1.44. The minimum absolute atomic E-state index is 0.208. The monoisotopic (exact) mass is 258 g/mol. The highest BCUT2D eigenvalue weighted by Crippen LogP contribution is 2.21. The highest BCUT2D eigenvalue weighted by molar-refractivity contribution is 5.96. The van der Waals surface area contributed by atoms with E-state index in [1.807, 2.05) is 0 Å². The molecule has 3 N–H and O–H groups in total. The second-order valence-electron chi connectivity index (χ2n) is 4.07. The Morgan fingerprint density at radius 1 is 1.44 bits per heavy atom. The molecule has 1 saturated heterocycles. The van der Waals surface area contributed by atoms with Crippen molar-refractivity contribution in [3.63, 3.8) is 0 Å². The van der Waals surface area contributed by atoms with Crippen LogP contribution in [0.25, 0.3) is 0 Å². The summed E-state index contributed by atoms with van der Waals surface area (Å²) < 4.78 is 4.68. The molecule has 2 atom stereocenters. The lowest BCUT2D eigenvalue weighted by molar-refractivity contribution is -0.153. The molecule has 1 unspecified atom stereocenters. The van der Waals surface area contributed by atoms with Crippen LogP contribution in [0.2, 0.25) is 0 Å². The van der Waals surface area contributed by atoms with Gasteiger partial charge in [0.2, 0.25) is 5.91 Å². The Bertz CT molecular complexity index is 331. The molecule has 0 radical (unpaired) electrons. The highest BCUT2D eigenvalue weighted by atomic mass is 16.5. The van der Waals surface area contributed by atoms with Gasteiger partial charge in [-0.25, -0.2) is 9.59 Å². The number of unbranched alkanes of at least 4 members (excludes halogenated alkanes) is 1. The molecule has 1 rings (SSSR count). The summed E-state index contributed by atoms with van der Waals surface area (Å²) in [5, 5.41) is 13.7. The molecule has 7 nitrogen and oxygen atoms in total. The second kappa shape index (κ2) is 6.83. The molecule has 0 aliphatic carbocycles. The number of amides is 2. The van der Waals surface area contributed by atoms with E-state index in [1.54, 1.807) is 6.92 Å². The topological polar surface area (TPSA) is 105 Å². The number of rotatable bonds is 7. The summed E-state index contributed by atoms with van der Waals surface area (Å²) in [5.41, 5.74) is 0. The van der Waals surface area contributed by atoms with Crippen LogP contribution < -0.4 is 10.6 Å². The van der Waals surface area contributed by atoms with Gasteiger partial charge in [-0.05, 0) is 19.8 Å². The van der Waals surface area contributed by atoms with Crippen molar-refractivity contribution in [3.8, 4) is 0 Å². The Balaban J connectivity index is 2.09. The average Bonchev–Trinajstić information content (AvgIpc) is 2.30. The molecule has 1 aliphatic heterocycles. The van der Waals surface area contributed by atoms with Crippen LogP contribution in [0.15, 0.2) is 0 Å². The van der Waals surface area contributed by atoms with Gasteiger partial charge in [0.1, 0.15) is 6.04 Å². The summed E-state index contributed by atoms with van der Waals surface area (Å²) in [6, 6.07) is -0.754. The fraction of sp³-hybridized carbons (Fsp3) is 0.727. The number of carboxylic acids is 1. The lowest BCUT2D eigenvalue weighted by atomic mass is 9.86. The summed E-state index contributed by atoms with van der Waals surface area (Å²) in [6.45, 7) is 2.51. The number of hydrogen-bond donors (Lipinski definition) is 3. The van der Waals surface area contributed by atoms with Crippen molar-refractivity contribution in [1.29, 1.82) is 0 Å². The second-order valence-corrected chi connectivity index (χ2v) is 4.07. The predicted octanol–water partition coefficient (Wildman–Crippen LogP) is 0.102. The lowest BCUT2D eigenvalue weighted by Gasteiger charge is -2.33. The van der Waals surface area contributed by atoms with Gasteiger partial charge in [-0.3, -0.25) is 4.79 Å². The molecule has 2 amide bonds. The third-order valence-corrected chi connectivity index (χ3v) is 2.79. The molecule has 1 aliphatic rings. The molecule has 1 fully saturated rings. The quantitative estimate of drug-likeness (QED) is 0.444. The van der Waals surface area contributed by atoms with Crippen LogP contribution in [0.5, 0.6) is 0 Å². The van der Waals surface area contributed by atoms with Crippen LogP contribution in [-0.4, -0.2) is 42.3 Å². The average molecular weight is 258 g/mol. The van der Waals surface area contributed by atoms with Crippen molar-refractivity contribution < 1.29 is 24.2 Å². The Morgan fingerprint density at radius 2 is 2.17 bits per heavy atom. The molecule has 0 aromatic rings. The molecule has 18 heavy (non-hydrogen) atoms. The fourth-order valence-electron chi connectivity index (χ4n) is 1.81. The van der Waals surface area contributed by atoms with Gasteiger partial charge in [-0.2, -0.15) is 0 Å². The molecule has 0 aromatic heterocycles. The molecular weight excluding hydrogens is 240 g/mol. The van der Waals surface area contributed by atoms with E-state index in [2.05, 4.69) is 15.4 Å². The molecule has 102 valence electrons. The SMILES string of the molecule is CCOC(=O)NCCCC[C@H]1C(=O)NC1C(=O)O. The standard InChI is InChI=1S/C11H18N2O5/c1-2-18-11(17)12-6-4-3-5-7-8(10(15)16)13-9(7)14/h7-8H,2-6H2,1H3,(H,12,17)(H,13,14)(H,15,16)/t7-,8?/m1/s1. The number of aliphatic carboxylic acids is 1. The molecule has 0 spiro atoms. The Kier molecular flexibility index (Phi) is 5.41. The molecule has 0 saturated carbocycles. The van der Waals surface area contributed by atoms with E-state index in [4.69, 9.17) is 5.11 Å². The number of carboxylic acid groups (broad SMARTS) is 1. The third-order valence-electron chi connectivity index (χ3n) is 2.79. The minimum Gasteiger partial charge on any atom is -0.480 e. The van der Waals surface area contributed by atoms with E-state index in [9.17, 15) is 14.4 Å². The highest BCUT2D eigenvalue weighted by Gasteiger charge is 2.43. The van der Waals surface area contributed by atoms with Gasteiger partial charge in [-0.1, -0.05) is 6.42 Å². The number of carbonyl (C=O) groups is 3. The van der Waals surface area contributed by atoms with E-state index in [-0.39, 0.29) is 5.91 Å². The summed E-state index contributed by atoms with van der Waals surface area (Å²) in [4.78, 5) is 32.8. The molecule has 7 heteroatoms. The van der Waals surface area contributed by atoms with Crippen molar-refractivity contribution in [1.82, 2.24) is 10.6 Å². The minimum atomic E-state index is -0.996. The zero-order chi connectivity index (χ0) is 13.5. The van der Waals surface area contributed by atoms with Crippen molar-refractivity contribution in [2.75, 3.05) is 13.2 Å². The van der Waals surface area contributed by atoms with Crippen molar-refractivity contribution in [3.05, 3.63) is 0 Å². The zero-order valence-electron chi connectivity index (χ0n) is 10.3. The van der Waals surface area contributed by atoms with Crippen molar-refractivity contribution >= 4 is 18.0 Å². The summed E-state index contributed by atoms with van der Waals surface area (Å²) >= 11 is 0. The summed E-state index contributed by atoms with van der Waals surface area (Å²) in [7, 11) is 0. The zero-order valence-corrected chi connectivity index (χ0v) is 10.3. The van der Waals surface area contributed by atoms with E-state index in [0.717, 1.165) is 0 Å². The number of hydrogen-bond acceptors (Lipinski definition) is 4. The van der Waals surface area contributed by atoms with E-state index >= 15 is 0 Å². The number of nitrogens with one attached hydrogen (secondary N) is 2. The number of alkyl carbamates (subject to hydrolysis) is 1. The van der Waals surface area contributed by atoms with Crippen LogP contribution >= 0.6 is 0 Å². The van der Waals surface area contributed by atoms with Gasteiger partial charge in [-0.15, -0.1) is 0 Å². The van der Waals surface area contributed by atoms with Gasteiger partial charge in [0, 0.05) is 6.54 Å². The smallest absolute Gasteiger partial charge is 0.407 e. The number of ether oxygens (including phenoxy) is 1. The van der Waals surface area contributed by atoms with Crippen molar-refractivity contribution in [2.45, 2.75) is 32.2 Å². The van der Waals surface area contributed by atoms with E-state index in [0.29, 0.717) is 32.4 Å². The normalized spacial score (nSPS) is 21.7. The van der Waals surface area contributed by atoms with Crippen LogP contribution in [-0.2, 0) is 14.3 Å². The Morgan fingerprint density at radius 3 is 2.72 bits per heavy atom. The largest absolute Gasteiger partial charge is 0.480 e. The fourth-order valence-corrected chi connectivity index (χ4v) is 1.81. The number of carbonyl (C=O) groups excluding carboxylic acids is 2. The first-order valence-corrected chi connectivity index (χ1v) is 6.00. The van der Waals surface area contributed by atoms with Crippen molar-refractivity contribution in [2.24, 2.45) is 5.92 Å². The number of β-lactam (4-membered cyclic amide) rings is 1. The maximum absolute atomic E-state index is 11.1. The Hall–Kier alpha value is -1.79. The maximum atomic E-state index is 11.1. The van der Waals surface area contributed by atoms with Gasteiger partial charge < -0.3 is 20.5 Å². The summed E-state index contributed by atoms with van der Waals surface area (Å²) in [5.74, 6) is -1.64. The van der Waals surface area contributed by atoms with Crippen LogP contribution in [0.1, 0.15) is 26.2 Å². The first kappa shape index (κ1) is 14.3. The molecule has 0 aromatic carbocycles. The molecular formula is C11H18N2O5. The van der Waals surface area contributed by atoms with Gasteiger partial charge in [0.05, 0.1) is 12.5 Å². The first-order valence-electron chi connectivity index (χ1n) is 6.00. The molecule has 0 bridgehead atoms. The van der Waals surface area contributed by atoms with Gasteiger partial charge in [0.15, 0.2) is 0 Å². The van der Waals surface area contributed by atoms with Crippen LogP contribution in [0.4, 0.5) is 4.79 Å². The van der Waals surface area contributed by atoms with Crippen LogP contribution in [0.3, 0.4) is 0 Å². The van der Waals surface area contributed by atoms with Gasteiger partial charge in [0.25, 0.3) is 0 Å².